The van der Waals surface area contributed by atoms with Gasteiger partial charge in [0, 0.05) is 44.5 Å². The summed E-state index contributed by atoms with van der Waals surface area (Å²) in [5.41, 5.74) is 1.78. The number of rotatable bonds is 5. The molecular formula is C22H25N5O3. The van der Waals surface area contributed by atoms with Crippen LogP contribution >= 0.6 is 0 Å². The zero-order valence-corrected chi connectivity index (χ0v) is 17.2. The quantitative estimate of drug-likeness (QED) is 0.645. The molecule has 0 atom stereocenters. The standard InChI is InChI=1S/C22H25N5O3/c1-3-27-19-18(6-5-11-23-19)24-20(22(27)29)25-12-14-26(15-13-25)21(28)16-7-9-17(10-8-16)30-4-2/h5-11H,3-4,12-15H2,1-2H3. The summed E-state index contributed by atoms with van der Waals surface area (Å²) >= 11 is 0. The van der Waals surface area contributed by atoms with Crippen LogP contribution in [0.15, 0.2) is 47.4 Å². The van der Waals surface area contributed by atoms with Crippen molar-refractivity contribution < 1.29 is 9.53 Å². The van der Waals surface area contributed by atoms with Crippen molar-refractivity contribution in [3.63, 3.8) is 0 Å². The van der Waals surface area contributed by atoms with Crippen LogP contribution in [0.3, 0.4) is 0 Å². The number of hydrogen-bond acceptors (Lipinski definition) is 6. The number of carbonyl (C=O) groups excluding carboxylic acids is 1. The van der Waals surface area contributed by atoms with Crippen molar-refractivity contribution in [1.82, 2.24) is 19.4 Å². The van der Waals surface area contributed by atoms with Crippen molar-refractivity contribution in [1.29, 1.82) is 0 Å². The zero-order chi connectivity index (χ0) is 21.1. The van der Waals surface area contributed by atoms with Gasteiger partial charge in [0.1, 0.15) is 11.3 Å². The van der Waals surface area contributed by atoms with Gasteiger partial charge in [-0.3, -0.25) is 14.2 Å². The van der Waals surface area contributed by atoms with Crippen LogP contribution in [-0.2, 0) is 6.54 Å². The Labute approximate surface area is 174 Å². The van der Waals surface area contributed by atoms with E-state index in [1.807, 2.05) is 47.9 Å². The maximum Gasteiger partial charge on any atom is 0.295 e. The van der Waals surface area contributed by atoms with Gasteiger partial charge in [0.15, 0.2) is 11.5 Å². The second-order valence-electron chi connectivity index (χ2n) is 7.07. The van der Waals surface area contributed by atoms with Gasteiger partial charge in [0.05, 0.1) is 6.61 Å². The van der Waals surface area contributed by atoms with Gasteiger partial charge < -0.3 is 14.5 Å². The number of benzene rings is 1. The van der Waals surface area contributed by atoms with Gasteiger partial charge >= 0.3 is 0 Å². The Hall–Kier alpha value is -3.42. The third-order valence-corrected chi connectivity index (χ3v) is 5.28. The van der Waals surface area contributed by atoms with Gasteiger partial charge in [0.25, 0.3) is 11.5 Å². The molecular weight excluding hydrogens is 382 g/mol. The summed E-state index contributed by atoms with van der Waals surface area (Å²) in [5, 5.41) is 0. The van der Waals surface area contributed by atoms with Crippen molar-refractivity contribution in [2.24, 2.45) is 0 Å². The molecule has 8 heteroatoms. The molecule has 4 rings (SSSR count). The van der Waals surface area contributed by atoms with Crippen molar-refractivity contribution in [3.8, 4) is 5.75 Å². The van der Waals surface area contributed by atoms with E-state index in [9.17, 15) is 9.59 Å². The minimum absolute atomic E-state index is 0.0145. The first-order chi connectivity index (χ1) is 14.6. The number of ether oxygens (including phenoxy) is 1. The number of pyridine rings is 1. The molecule has 1 amide bonds. The molecule has 0 saturated carbocycles. The highest BCUT2D eigenvalue weighted by Crippen LogP contribution is 2.17. The fraction of sp³-hybridized carbons (Fsp3) is 0.364. The first kappa shape index (κ1) is 19.9. The van der Waals surface area contributed by atoms with E-state index in [1.165, 1.54) is 0 Å². The summed E-state index contributed by atoms with van der Waals surface area (Å²) in [6.07, 6.45) is 1.67. The summed E-state index contributed by atoms with van der Waals surface area (Å²) in [5.74, 6) is 1.16. The lowest BCUT2D eigenvalue weighted by Crippen LogP contribution is -2.50. The summed E-state index contributed by atoms with van der Waals surface area (Å²) < 4.78 is 7.08. The Morgan fingerprint density at radius 3 is 2.47 bits per heavy atom. The molecule has 1 aliphatic rings. The molecule has 156 valence electrons. The second-order valence-corrected chi connectivity index (χ2v) is 7.07. The number of piperazine rings is 1. The Bertz CT molecular complexity index is 1100. The first-order valence-corrected chi connectivity index (χ1v) is 10.2. The molecule has 8 nitrogen and oxygen atoms in total. The van der Waals surface area contributed by atoms with E-state index in [-0.39, 0.29) is 11.5 Å². The van der Waals surface area contributed by atoms with Crippen molar-refractivity contribution in [2.45, 2.75) is 20.4 Å². The van der Waals surface area contributed by atoms with E-state index in [2.05, 4.69) is 9.97 Å². The molecule has 0 radical (unpaired) electrons. The molecule has 1 fully saturated rings. The predicted molar refractivity (Wildman–Crippen MR) is 115 cm³/mol. The average molecular weight is 407 g/mol. The monoisotopic (exact) mass is 407 g/mol. The second kappa shape index (κ2) is 8.52. The van der Waals surface area contributed by atoms with Gasteiger partial charge in [-0.1, -0.05) is 0 Å². The van der Waals surface area contributed by atoms with Crippen LogP contribution in [0, 0.1) is 0 Å². The Morgan fingerprint density at radius 2 is 1.80 bits per heavy atom. The van der Waals surface area contributed by atoms with E-state index in [4.69, 9.17) is 4.74 Å². The molecule has 0 unspecified atom stereocenters. The van der Waals surface area contributed by atoms with Crippen molar-refractivity contribution >= 4 is 22.9 Å². The lowest BCUT2D eigenvalue weighted by atomic mass is 10.1. The molecule has 1 saturated heterocycles. The predicted octanol–water partition coefficient (Wildman–Crippen LogP) is 2.17. The summed E-state index contributed by atoms with van der Waals surface area (Å²) in [4.78, 5) is 38.4. The fourth-order valence-corrected chi connectivity index (χ4v) is 3.73. The molecule has 1 aliphatic heterocycles. The highest BCUT2D eigenvalue weighted by atomic mass is 16.5. The Morgan fingerprint density at radius 1 is 1.07 bits per heavy atom. The van der Waals surface area contributed by atoms with Crippen LogP contribution in [-0.4, -0.2) is 58.1 Å². The number of carbonyl (C=O) groups is 1. The molecule has 0 spiro atoms. The molecule has 2 aromatic heterocycles. The fourth-order valence-electron chi connectivity index (χ4n) is 3.73. The molecule has 30 heavy (non-hydrogen) atoms. The molecule has 1 aromatic carbocycles. The van der Waals surface area contributed by atoms with Gasteiger partial charge in [-0.25, -0.2) is 9.97 Å². The smallest absolute Gasteiger partial charge is 0.295 e. The van der Waals surface area contributed by atoms with Crippen LogP contribution in [0.25, 0.3) is 11.2 Å². The van der Waals surface area contributed by atoms with Gasteiger partial charge in [-0.2, -0.15) is 0 Å². The number of anilines is 1. The largest absolute Gasteiger partial charge is 0.494 e. The lowest BCUT2D eigenvalue weighted by molar-refractivity contribution is 0.0746. The van der Waals surface area contributed by atoms with E-state index in [0.717, 1.165) is 5.75 Å². The molecule has 3 heterocycles. The maximum absolute atomic E-state index is 13.0. The normalized spacial score (nSPS) is 14.2. The lowest BCUT2D eigenvalue weighted by Gasteiger charge is -2.35. The minimum Gasteiger partial charge on any atom is -0.494 e. The van der Waals surface area contributed by atoms with Gasteiger partial charge in [-0.15, -0.1) is 0 Å². The topological polar surface area (TPSA) is 80.6 Å². The highest BCUT2D eigenvalue weighted by Gasteiger charge is 2.25. The van der Waals surface area contributed by atoms with Crippen molar-refractivity contribution in [3.05, 3.63) is 58.5 Å². The number of hydrogen-bond donors (Lipinski definition) is 0. The number of amides is 1. The van der Waals surface area contributed by atoms with Gasteiger partial charge in [-0.05, 0) is 50.2 Å². The maximum atomic E-state index is 13.0. The van der Waals surface area contributed by atoms with Crippen molar-refractivity contribution in [2.75, 3.05) is 37.7 Å². The number of nitrogens with zero attached hydrogens (tertiary/aromatic N) is 5. The average Bonchev–Trinajstić information content (AvgIpc) is 2.79. The van der Waals surface area contributed by atoms with E-state index in [1.54, 1.807) is 22.9 Å². The number of aromatic nitrogens is 3. The summed E-state index contributed by atoms with van der Waals surface area (Å²) in [7, 11) is 0. The molecule has 0 bridgehead atoms. The van der Waals surface area contributed by atoms with Crippen LogP contribution in [0.5, 0.6) is 5.75 Å². The zero-order valence-electron chi connectivity index (χ0n) is 17.2. The third kappa shape index (κ3) is 3.72. The SMILES string of the molecule is CCOc1ccc(C(=O)N2CCN(c3nc4cccnc4n(CC)c3=O)CC2)cc1. The summed E-state index contributed by atoms with van der Waals surface area (Å²) in [6, 6.07) is 10.9. The molecule has 3 aromatic rings. The van der Waals surface area contributed by atoms with Gasteiger partial charge in [0.2, 0.25) is 0 Å². The highest BCUT2D eigenvalue weighted by molar-refractivity contribution is 5.94. The Balaban J connectivity index is 1.50. The van der Waals surface area contributed by atoms with Crippen LogP contribution in [0.2, 0.25) is 0 Å². The summed E-state index contributed by atoms with van der Waals surface area (Å²) in [6.45, 7) is 7.14. The van der Waals surface area contributed by atoms with Crippen LogP contribution in [0.4, 0.5) is 5.82 Å². The van der Waals surface area contributed by atoms with E-state index < -0.39 is 0 Å². The number of fused-ring (bicyclic) bond motifs is 1. The third-order valence-electron chi connectivity index (χ3n) is 5.28. The van der Waals surface area contributed by atoms with Crippen LogP contribution < -0.4 is 15.2 Å². The minimum atomic E-state index is -0.144. The van der Waals surface area contributed by atoms with Crippen LogP contribution in [0.1, 0.15) is 24.2 Å². The van der Waals surface area contributed by atoms with E-state index >= 15 is 0 Å². The molecule has 0 N–H and O–H groups in total. The Kier molecular flexibility index (Phi) is 5.65. The first-order valence-electron chi connectivity index (χ1n) is 10.2. The van der Waals surface area contributed by atoms with E-state index in [0.29, 0.717) is 61.9 Å². The number of aryl methyl sites for hydroxylation is 1. The molecule has 0 aliphatic carbocycles.